The Labute approximate surface area is 147 Å². The maximum Gasteiger partial charge on any atom is 0.363 e. The topological polar surface area (TPSA) is 38.7 Å². The first kappa shape index (κ1) is 15.1. The van der Waals surface area contributed by atoms with Crippen molar-refractivity contribution < 1.29 is 9.53 Å². The largest absolute Gasteiger partial charge is 0.401 e. The molecule has 0 saturated carbocycles. The zero-order chi connectivity index (χ0) is 16.7. The number of thiophene rings is 1. The highest BCUT2D eigenvalue weighted by molar-refractivity contribution is 7.21. The number of carbonyl (C=O) groups is 1. The van der Waals surface area contributed by atoms with Gasteiger partial charge in [-0.05, 0) is 30.2 Å². The second kappa shape index (κ2) is 5.89. The van der Waals surface area contributed by atoms with E-state index in [9.17, 15) is 4.79 Å². The van der Waals surface area contributed by atoms with E-state index in [1.165, 1.54) is 11.3 Å². The molecule has 24 heavy (non-hydrogen) atoms. The van der Waals surface area contributed by atoms with Gasteiger partial charge in [0.2, 0.25) is 5.90 Å². The van der Waals surface area contributed by atoms with Crippen molar-refractivity contribution in [2.45, 2.75) is 6.92 Å². The number of hydrogen-bond acceptors (Lipinski definition) is 4. The van der Waals surface area contributed by atoms with E-state index in [0.29, 0.717) is 9.90 Å². The van der Waals surface area contributed by atoms with Crippen LogP contribution in [-0.4, -0.2) is 11.9 Å². The summed E-state index contributed by atoms with van der Waals surface area (Å²) in [5.74, 6) is -0.190. The minimum Gasteiger partial charge on any atom is -0.401 e. The molecule has 0 atom stereocenters. The highest BCUT2D eigenvalue weighted by Gasteiger charge is 2.27. The molecule has 4 rings (SSSR count). The van der Waals surface area contributed by atoms with Crippen molar-refractivity contribution in [1.29, 1.82) is 0 Å². The SMILES string of the molecule is Cc1ccc2c(Cl)c(C3=N/C(=C/c4ccccc4)C(=O)O3)sc2c1. The summed E-state index contributed by atoms with van der Waals surface area (Å²) in [7, 11) is 0. The molecule has 2 aromatic carbocycles. The molecule has 0 aliphatic carbocycles. The summed E-state index contributed by atoms with van der Waals surface area (Å²) >= 11 is 7.94. The molecule has 0 spiro atoms. The fourth-order valence-corrected chi connectivity index (χ4v) is 4.06. The standard InChI is InChI=1S/C19H12ClNO2S/c1-11-7-8-13-15(9-11)24-17(16(13)20)18-21-14(19(22)23-18)10-12-5-3-2-4-6-12/h2-10H,1H3/b14-10+. The summed E-state index contributed by atoms with van der Waals surface area (Å²) in [5.41, 5.74) is 2.33. The third-order valence-electron chi connectivity index (χ3n) is 3.70. The first-order valence-electron chi connectivity index (χ1n) is 7.38. The van der Waals surface area contributed by atoms with Crippen molar-refractivity contribution in [3.63, 3.8) is 0 Å². The van der Waals surface area contributed by atoms with Crippen LogP contribution < -0.4 is 0 Å². The highest BCUT2D eigenvalue weighted by Crippen LogP contribution is 2.37. The molecule has 1 aromatic heterocycles. The third-order valence-corrected chi connectivity index (χ3v) is 5.35. The summed E-state index contributed by atoms with van der Waals surface area (Å²) in [6, 6.07) is 15.6. The molecular weight excluding hydrogens is 342 g/mol. The van der Waals surface area contributed by atoms with Gasteiger partial charge >= 0.3 is 5.97 Å². The molecule has 118 valence electrons. The number of hydrogen-bond donors (Lipinski definition) is 0. The summed E-state index contributed by atoms with van der Waals surface area (Å²) in [6.45, 7) is 2.03. The number of ether oxygens (including phenoxy) is 1. The summed E-state index contributed by atoms with van der Waals surface area (Å²) < 4.78 is 6.39. The van der Waals surface area contributed by atoms with Crippen LogP contribution in [0.25, 0.3) is 16.2 Å². The van der Waals surface area contributed by atoms with E-state index < -0.39 is 5.97 Å². The number of cyclic esters (lactones) is 1. The van der Waals surface area contributed by atoms with Gasteiger partial charge in [0, 0.05) is 10.1 Å². The molecule has 0 N–H and O–H groups in total. The lowest BCUT2D eigenvalue weighted by Gasteiger charge is -1.95. The van der Waals surface area contributed by atoms with Crippen molar-refractivity contribution in [3.05, 3.63) is 75.3 Å². The minimum atomic E-state index is -0.460. The molecule has 0 unspecified atom stereocenters. The van der Waals surface area contributed by atoms with Crippen LogP contribution in [0.5, 0.6) is 0 Å². The van der Waals surface area contributed by atoms with Gasteiger partial charge in [-0.1, -0.05) is 54.1 Å². The quantitative estimate of drug-likeness (QED) is 0.468. The lowest BCUT2D eigenvalue weighted by atomic mass is 10.2. The van der Waals surface area contributed by atoms with E-state index in [0.717, 1.165) is 21.2 Å². The lowest BCUT2D eigenvalue weighted by Crippen LogP contribution is -2.04. The maximum absolute atomic E-state index is 12.1. The molecule has 1 aliphatic heterocycles. The number of halogens is 1. The van der Waals surface area contributed by atoms with Crippen LogP contribution in [0.4, 0.5) is 0 Å². The molecule has 0 bridgehead atoms. The van der Waals surface area contributed by atoms with Crippen LogP contribution in [0, 0.1) is 6.92 Å². The number of rotatable bonds is 2. The van der Waals surface area contributed by atoms with E-state index in [1.54, 1.807) is 6.08 Å². The molecule has 3 nitrogen and oxygen atoms in total. The number of aryl methyl sites for hydroxylation is 1. The summed E-state index contributed by atoms with van der Waals surface area (Å²) in [4.78, 5) is 17.1. The Hall–Kier alpha value is -2.43. The molecule has 5 heteroatoms. The number of fused-ring (bicyclic) bond motifs is 1. The Bertz CT molecular complexity index is 1020. The molecule has 1 aliphatic rings. The molecule has 0 amide bonds. The number of nitrogens with zero attached hydrogens (tertiary/aromatic N) is 1. The average molecular weight is 354 g/mol. The van der Waals surface area contributed by atoms with Gasteiger partial charge in [0.15, 0.2) is 5.70 Å². The normalized spacial score (nSPS) is 15.8. The van der Waals surface area contributed by atoms with Crippen LogP contribution in [-0.2, 0) is 9.53 Å². The van der Waals surface area contributed by atoms with Crippen LogP contribution in [0.2, 0.25) is 5.02 Å². The number of carbonyl (C=O) groups excluding carboxylic acids is 1. The van der Waals surface area contributed by atoms with Gasteiger partial charge in [-0.15, -0.1) is 11.3 Å². The second-order valence-corrected chi connectivity index (χ2v) is 6.92. The summed E-state index contributed by atoms with van der Waals surface area (Å²) in [6.07, 6.45) is 1.71. The number of esters is 1. The highest BCUT2D eigenvalue weighted by atomic mass is 35.5. The van der Waals surface area contributed by atoms with Gasteiger partial charge in [0.25, 0.3) is 0 Å². The second-order valence-electron chi connectivity index (χ2n) is 5.49. The number of aliphatic imine (C=N–C) groups is 1. The zero-order valence-corrected chi connectivity index (χ0v) is 14.3. The van der Waals surface area contributed by atoms with Crippen molar-refractivity contribution in [2.24, 2.45) is 4.99 Å². The van der Waals surface area contributed by atoms with Crippen molar-refractivity contribution in [1.82, 2.24) is 0 Å². The zero-order valence-electron chi connectivity index (χ0n) is 12.7. The Balaban J connectivity index is 1.78. The molecule has 2 heterocycles. The van der Waals surface area contributed by atoms with E-state index in [2.05, 4.69) is 11.1 Å². The van der Waals surface area contributed by atoms with E-state index in [4.69, 9.17) is 16.3 Å². The fourth-order valence-electron chi connectivity index (χ4n) is 2.52. The molecule has 3 aromatic rings. The maximum atomic E-state index is 12.1. The van der Waals surface area contributed by atoms with Gasteiger partial charge in [-0.3, -0.25) is 0 Å². The monoisotopic (exact) mass is 353 g/mol. The van der Waals surface area contributed by atoms with Crippen molar-refractivity contribution in [3.8, 4) is 0 Å². The van der Waals surface area contributed by atoms with E-state index >= 15 is 0 Å². The number of benzene rings is 2. The first-order valence-corrected chi connectivity index (χ1v) is 8.58. The van der Waals surface area contributed by atoms with Crippen LogP contribution in [0.15, 0.2) is 59.2 Å². The van der Waals surface area contributed by atoms with E-state index in [-0.39, 0.29) is 11.6 Å². The average Bonchev–Trinajstić information content (AvgIpc) is 3.09. The summed E-state index contributed by atoms with van der Waals surface area (Å²) in [5, 5.41) is 1.52. The predicted molar refractivity (Wildman–Crippen MR) is 98.6 cm³/mol. The Kier molecular flexibility index (Phi) is 3.71. The van der Waals surface area contributed by atoms with Crippen molar-refractivity contribution in [2.75, 3.05) is 0 Å². The smallest absolute Gasteiger partial charge is 0.363 e. The first-order chi connectivity index (χ1) is 11.6. The lowest BCUT2D eigenvalue weighted by molar-refractivity contribution is -0.129. The van der Waals surface area contributed by atoms with Crippen LogP contribution in [0.3, 0.4) is 0 Å². The van der Waals surface area contributed by atoms with Gasteiger partial charge in [0.1, 0.15) is 4.88 Å². The molecular formula is C19H12ClNO2S. The van der Waals surface area contributed by atoms with Gasteiger partial charge < -0.3 is 4.74 Å². The molecule has 0 fully saturated rings. The molecule has 0 saturated heterocycles. The van der Waals surface area contributed by atoms with Crippen LogP contribution in [0.1, 0.15) is 16.0 Å². The van der Waals surface area contributed by atoms with Gasteiger partial charge in [-0.2, -0.15) is 0 Å². The van der Waals surface area contributed by atoms with Crippen molar-refractivity contribution >= 4 is 51.0 Å². The Morgan fingerprint density at radius 3 is 2.75 bits per heavy atom. The van der Waals surface area contributed by atoms with Crippen LogP contribution >= 0.6 is 22.9 Å². The predicted octanol–water partition coefficient (Wildman–Crippen LogP) is 5.21. The van der Waals surface area contributed by atoms with Gasteiger partial charge in [-0.25, -0.2) is 9.79 Å². The Morgan fingerprint density at radius 2 is 1.96 bits per heavy atom. The fraction of sp³-hybridized carbons (Fsp3) is 0.0526. The molecule has 0 radical (unpaired) electrons. The Morgan fingerprint density at radius 1 is 1.17 bits per heavy atom. The van der Waals surface area contributed by atoms with E-state index in [1.807, 2.05) is 49.4 Å². The minimum absolute atomic E-state index is 0.269. The van der Waals surface area contributed by atoms with Gasteiger partial charge in [0.05, 0.1) is 5.02 Å². The third kappa shape index (κ3) is 2.64.